The second kappa shape index (κ2) is 45.5. The zero-order valence-corrected chi connectivity index (χ0v) is 19.3. The van der Waals surface area contributed by atoms with Crippen LogP contribution in [0.15, 0.2) is 0 Å². The van der Waals surface area contributed by atoms with Crippen molar-refractivity contribution < 1.29 is 29.9 Å². The van der Waals surface area contributed by atoms with E-state index in [-0.39, 0.29) is 26.4 Å². The minimum atomic E-state index is -0.125. The van der Waals surface area contributed by atoms with Gasteiger partial charge >= 0.3 is 0 Å². The molecule has 0 bridgehead atoms. The molecule has 0 aromatic carbocycles. The number of unbranched alkanes of at least 4 members (excludes halogenated alkanes) is 6. The van der Waals surface area contributed by atoms with Crippen molar-refractivity contribution in [3.8, 4) is 0 Å². The highest BCUT2D eigenvalue weighted by molar-refractivity contribution is 4.42. The zero-order chi connectivity index (χ0) is 22.1. The third-order valence-electron chi connectivity index (χ3n) is 3.18. The second-order valence-electron chi connectivity index (χ2n) is 6.24. The van der Waals surface area contributed by atoms with Gasteiger partial charge in [-0.15, -0.1) is 0 Å². The first-order valence-electron chi connectivity index (χ1n) is 11.2. The number of aliphatic hydroxyl groups is 4. The summed E-state index contributed by atoms with van der Waals surface area (Å²) >= 11 is 0. The van der Waals surface area contributed by atoms with Gasteiger partial charge in [-0.05, 0) is 25.7 Å². The fraction of sp³-hybridized carbons (Fsp3) is 1.00. The van der Waals surface area contributed by atoms with Gasteiger partial charge in [-0.3, -0.25) is 0 Å². The Morgan fingerprint density at radius 3 is 0.964 bits per heavy atom. The maximum atomic E-state index is 7.62. The van der Waals surface area contributed by atoms with E-state index < -0.39 is 0 Å². The molecule has 0 rings (SSSR count). The van der Waals surface area contributed by atoms with Crippen LogP contribution in [-0.4, -0.2) is 73.3 Å². The summed E-state index contributed by atoms with van der Waals surface area (Å²) in [6.07, 6.45) is 12.8. The predicted octanol–water partition coefficient (Wildman–Crippen LogP) is 3.93. The monoisotopic (exact) mass is 412 g/mol. The highest BCUT2D eigenvalue weighted by Gasteiger charge is 1.90. The molecule has 0 aromatic heterocycles. The van der Waals surface area contributed by atoms with Crippen LogP contribution in [0, 0.1) is 0 Å². The fourth-order valence-corrected chi connectivity index (χ4v) is 1.75. The molecule has 0 atom stereocenters. The number of aliphatic hydroxyl groups excluding tert-OH is 4. The van der Waals surface area contributed by atoms with E-state index in [4.69, 9.17) is 29.9 Å². The van der Waals surface area contributed by atoms with Crippen molar-refractivity contribution in [3.63, 3.8) is 0 Å². The highest BCUT2D eigenvalue weighted by Crippen LogP contribution is 2.01. The Kier molecular flexibility index (Phi) is 57.2. The molecule has 0 aromatic rings. The molecule has 4 N–H and O–H groups in total. The molecule has 0 aliphatic rings. The third-order valence-corrected chi connectivity index (χ3v) is 3.18. The van der Waals surface area contributed by atoms with Crippen LogP contribution in [0.3, 0.4) is 0 Å². The molecule has 28 heavy (non-hydrogen) atoms. The van der Waals surface area contributed by atoms with Gasteiger partial charge in [0.25, 0.3) is 0 Å². The summed E-state index contributed by atoms with van der Waals surface area (Å²) in [4.78, 5) is 0. The van der Waals surface area contributed by atoms with E-state index in [0.29, 0.717) is 0 Å². The molecule has 176 valence electrons. The summed E-state index contributed by atoms with van der Waals surface area (Å²) in [5.74, 6) is 0. The molecule has 0 radical (unpaired) electrons. The molecule has 0 amide bonds. The average molecular weight is 413 g/mol. The molecule has 6 heteroatoms. The van der Waals surface area contributed by atoms with Gasteiger partial charge in [-0.2, -0.15) is 0 Å². The van der Waals surface area contributed by atoms with E-state index in [2.05, 4.69) is 27.7 Å². The fourth-order valence-electron chi connectivity index (χ4n) is 1.75. The van der Waals surface area contributed by atoms with Crippen molar-refractivity contribution in [1.82, 2.24) is 0 Å². The Morgan fingerprint density at radius 2 is 0.714 bits per heavy atom. The topological polar surface area (TPSA) is 99.4 Å². The largest absolute Gasteiger partial charge is 0.394 e. The number of ether oxygens (including phenoxy) is 2. The van der Waals surface area contributed by atoms with Crippen LogP contribution in [-0.2, 0) is 9.47 Å². The minimum absolute atomic E-state index is 0.125. The van der Waals surface area contributed by atoms with Crippen LogP contribution in [0.2, 0.25) is 0 Å². The van der Waals surface area contributed by atoms with Gasteiger partial charge in [0.2, 0.25) is 0 Å². The molecule has 0 fully saturated rings. The van der Waals surface area contributed by atoms with Gasteiger partial charge in [0.05, 0.1) is 26.4 Å². The highest BCUT2D eigenvalue weighted by atomic mass is 16.5. The lowest BCUT2D eigenvalue weighted by Gasteiger charge is -2.03. The first-order valence-corrected chi connectivity index (χ1v) is 11.2. The summed E-state index contributed by atoms with van der Waals surface area (Å²) in [6.45, 7) is 12.0. The first kappa shape index (κ1) is 35.2. The SMILES string of the molecule is CCCCCCOCCCCCC.CCCOCCC.OCCO.OCCO. The molecule has 0 heterocycles. The zero-order valence-electron chi connectivity index (χ0n) is 19.3. The van der Waals surface area contributed by atoms with Gasteiger partial charge in [0.1, 0.15) is 0 Å². The van der Waals surface area contributed by atoms with E-state index in [1.54, 1.807) is 0 Å². The molecular formula is C22H52O6. The van der Waals surface area contributed by atoms with Crippen molar-refractivity contribution in [2.75, 3.05) is 52.9 Å². The van der Waals surface area contributed by atoms with E-state index in [1.165, 1.54) is 51.4 Å². The van der Waals surface area contributed by atoms with Crippen molar-refractivity contribution in [1.29, 1.82) is 0 Å². The van der Waals surface area contributed by atoms with Crippen LogP contribution in [0.25, 0.3) is 0 Å². The van der Waals surface area contributed by atoms with Crippen LogP contribution >= 0.6 is 0 Å². The van der Waals surface area contributed by atoms with E-state index >= 15 is 0 Å². The third kappa shape index (κ3) is 63.6. The molecular weight excluding hydrogens is 360 g/mol. The Labute approximate surface area is 175 Å². The summed E-state index contributed by atoms with van der Waals surface area (Å²) < 4.78 is 10.7. The van der Waals surface area contributed by atoms with E-state index in [1.807, 2.05) is 0 Å². The summed E-state index contributed by atoms with van der Waals surface area (Å²) in [5.41, 5.74) is 0. The Bertz CT molecular complexity index is 172. The Hall–Kier alpha value is -0.240. The Morgan fingerprint density at radius 1 is 0.393 bits per heavy atom. The van der Waals surface area contributed by atoms with Crippen LogP contribution < -0.4 is 0 Å². The van der Waals surface area contributed by atoms with Crippen LogP contribution in [0.5, 0.6) is 0 Å². The molecule has 0 saturated carbocycles. The maximum absolute atomic E-state index is 7.62. The maximum Gasteiger partial charge on any atom is 0.0662 e. The van der Waals surface area contributed by atoms with Crippen LogP contribution in [0.4, 0.5) is 0 Å². The summed E-state index contributed by atoms with van der Waals surface area (Å²) in [7, 11) is 0. The average Bonchev–Trinajstić information content (AvgIpc) is 2.74. The summed E-state index contributed by atoms with van der Waals surface area (Å²) in [5, 5.41) is 30.5. The van der Waals surface area contributed by atoms with Crippen molar-refractivity contribution in [2.45, 2.75) is 91.9 Å². The standard InChI is InChI=1S/C12H26O.C6H14O.2C2H6O2/c1-3-5-7-9-11-13-12-10-8-6-4-2;1-3-5-7-6-4-2;2*3-1-2-4/h3-12H2,1-2H3;3-6H2,1-2H3;2*3-4H,1-2H2. The molecule has 0 aliphatic heterocycles. The number of rotatable bonds is 16. The lowest BCUT2D eigenvalue weighted by atomic mass is 10.2. The first-order chi connectivity index (χ1) is 13.7. The van der Waals surface area contributed by atoms with E-state index in [9.17, 15) is 0 Å². The van der Waals surface area contributed by atoms with Gasteiger partial charge in [0, 0.05) is 26.4 Å². The van der Waals surface area contributed by atoms with Gasteiger partial charge < -0.3 is 29.9 Å². The molecule has 6 nitrogen and oxygen atoms in total. The normalized spacial score (nSPS) is 9.43. The lowest BCUT2D eigenvalue weighted by molar-refractivity contribution is 0.126. The van der Waals surface area contributed by atoms with E-state index in [0.717, 1.165) is 39.3 Å². The van der Waals surface area contributed by atoms with Crippen LogP contribution in [0.1, 0.15) is 91.9 Å². The quantitative estimate of drug-likeness (QED) is 0.287. The number of hydrogen-bond acceptors (Lipinski definition) is 6. The molecule has 0 unspecified atom stereocenters. The van der Waals surface area contributed by atoms with Gasteiger partial charge in [0.15, 0.2) is 0 Å². The smallest absolute Gasteiger partial charge is 0.0662 e. The van der Waals surface area contributed by atoms with Gasteiger partial charge in [-0.25, -0.2) is 0 Å². The molecule has 0 saturated heterocycles. The van der Waals surface area contributed by atoms with Crippen molar-refractivity contribution in [2.24, 2.45) is 0 Å². The van der Waals surface area contributed by atoms with Crippen molar-refractivity contribution in [3.05, 3.63) is 0 Å². The Balaban J connectivity index is -0.000000160. The predicted molar refractivity (Wildman–Crippen MR) is 119 cm³/mol. The summed E-state index contributed by atoms with van der Waals surface area (Å²) in [6, 6.07) is 0. The molecule has 0 spiro atoms. The number of hydrogen-bond donors (Lipinski definition) is 4. The van der Waals surface area contributed by atoms with Gasteiger partial charge in [-0.1, -0.05) is 66.2 Å². The minimum Gasteiger partial charge on any atom is -0.394 e. The molecule has 0 aliphatic carbocycles. The lowest BCUT2D eigenvalue weighted by Crippen LogP contribution is -1.96. The second-order valence-corrected chi connectivity index (χ2v) is 6.24. The van der Waals surface area contributed by atoms with Crippen molar-refractivity contribution >= 4 is 0 Å².